The second kappa shape index (κ2) is 10.1. The molecule has 0 aliphatic carbocycles. The molecule has 7 nitrogen and oxygen atoms in total. The highest BCUT2D eigenvalue weighted by molar-refractivity contribution is 5.81. The Bertz CT molecular complexity index is 947. The van der Waals surface area contributed by atoms with E-state index >= 15 is 0 Å². The van der Waals surface area contributed by atoms with Gasteiger partial charge in [-0.15, -0.1) is 0 Å². The summed E-state index contributed by atoms with van der Waals surface area (Å²) in [6, 6.07) is 17.5. The van der Waals surface area contributed by atoms with E-state index in [9.17, 15) is 10.1 Å². The van der Waals surface area contributed by atoms with Gasteiger partial charge >= 0.3 is 0 Å². The zero-order valence-electron chi connectivity index (χ0n) is 18.3. The van der Waals surface area contributed by atoms with E-state index in [1.807, 2.05) is 48.5 Å². The van der Waals surface area contributed by atoms with Gasteiger partial charge in [0.15, 0.2) is 0 Å². The fraction of sp³-hybridized carbons (Fsp3) is 0.440. The normalized spacial score (nSPS) is 23.8. The Hall–Kier alpha value is -2.92. The lowest BCUT2D eigenvalue weighted by atomic mass is 10.0. The Morgan fingerprint density at radius 2 is 1.97 bits per heavy atom. The third kappa shape index (κ3) is 5.28. The summed E-state index contributed by atoms with van der Waals surface area (Å²) in [5.74, 6) is 0.547. The largest absolute Gasteiger partial charge is 0.497 e. The van der Waals surface area contributed by atoms with E-state index in [0.717, 1.165) is 41.9 Å². The molecule has 3 atom stereocenters. The van der Waals surface area contributed by atoms with Crippen LogP contribution in [0.25, 0.3) is 11.1 Å². The van der Waals surface area contributed by atoms with Crippen LogP contribution in [0.5, 0.6) is 5.75 Å². The van der Waals surface area contributed by atoms with Crippen LogP contribution in [0.4, 0.5) is 0 Å². The Kier molecular flexibility index (Phi) is 7.05. The van der Waals surface area contributed by atoms with Gasteiger partial charge in [-0.1, -0.05) is 36.4 Å². The number of carbonyl (C=O) groups is 1. The highest BCUT2D eigenvalue weighted by atomic mass is 16.6. The summed E-state index contributed by atoms with van der Waals surface area (Å²) < 4.78 is 16.9. The van der Waals surface area contributed by atoms with Gasteiger partial charge < -0.3 is 24.8 Å². The number of hydrogen-bond donors (Lipinski definition) is 2. The minimum Gasteiger partial charge on any atom is -0.497 e. The van der Waals surface area contributed by atoms with Crippen LogP contribution >= 0.6 is 0 Å². The number of ether oxygens (including phenoxy) is 3. The number of rotatable bonds is 6. The highest BCUT2D eigenvalue weighted by Gasteiger charge is 2.39. The van der Waals surface area contributed by atoms with Crippen molar-refractivity contribution in [2.75, 3.05) is 33.4 Å². The maximum absolute atomic E-state index is 12.7. The second-order valence-corrected chi connectivity index (χ2v) is 8.39. The van der Waals surface area contributed by atoms with Crippen molar-refractivity contribution in [3.05, 3.63) is 54.1 Å². The Labute approximate surface area is 188 Å². The molecule has 2 N–H and O–H groups in total. The van der Waals surface area contributed by atoms with Crippen LogP contribution in [0, 0.1) is 11.3 Å². The highest BCUT2D eigenvalue weighted by Crippen LogP contribution is 2.27. The van der Waals surface area contributed by atoms with Crippen LogP contribution in [0.15, 0.2) is 48.5 Å². The van der Waals surface area contributed by atoms with Crippen LogP contribution in [0.3, 0.4) is 0 Å². The standard InChI is InChI=1S/C25H29N3O4/c1-30-22-9-7-20(8-10-22)19-5-3-18(4-6-19)13-21(14-26)28-24(29)23-15-27-16-25(17-31-23)11-2-12-32-25/h3-10,21,23,27H,2,11-13,15-17H2,1H3,(H,28,29). The molecule has 7 heteroatoms. The molecule has 3 unspecified atom stereocenters. The minimum atomic E-state index is -0.633. The van der Waals surface area contributed by atoms with Gasteiger partial charge in [0, 0.05) is 26.1 Å². The predicted octanol–water partition coefficient (Wildman–Crippen LogP) is 2.45. The monoisotopic (exact) mass is 435 g/mol. The van der Waals surface area contributed by atoms with Crippen molar-refractivity contribution in [3.8, 4) is 22.9 Å². The van der Waals surface area contributed by atoms with Gasteiger partial charge in [0.25, 0.3) is 5.91 Å². The van der Waals surface area contributed by atoms with E-state index in [-0.39, 0.29) is 11.5 Å². The number of carbonyl (C=O) groups excluding carboxylic acids is 1. The number of nitriles is 1. The van der Waals surface area contributed by atoms with Crippen LogP contribution < -0.4 is 15.4 Å². The SMILES string of the molecule is COc1ccc(-c2ccc(CC(C#N)NC(=O)C3CNCC4(CCCO4)CO3)cc2)cc1. The minimum absolute atomic E-state index is 0.269. The zero-order valence-corrected chi connectivity index (χ0v) is 18.3. The molecule has 2 aromatic carbocycles. The molecule has 168 valence electrons. The van der Waals surface area contributed by atoms with Crippen molar-refractivity contribution in [2.24, 2.45) is 0 Å². The molecular formula is C25H29N3O4. The van der Waals surface area contributed by atoms with E-state index in [1.54, 1.807) is 7.11 Å². The number of amides is 1. The summed E-state index contributed by atoms with van der Waals surface area (Å²) in [5, 5.41) is 15.7. The lowest BCUT2D eigenvalue weighted by Gasteiger charge is -2.25. The smallest absolute Gasteiger partial charge is 0.251 e. The van der Waals surface area contributed by atoms with E-state index in [4.69, 9.17) is 14.2 Å². The van der Waals surface area contributed by atoms with E-state index in [2.05, 4.69) is 16.7 Å². The van der Waals surface area contributed by atoms with Crippen molar-refractivity contribution < 1.29 is 19.0 Å². The van der Waals surface area contributed by atoms with E-state index < -0.39 is 12.1 Å². The third-order valence-electron chi connectivity index (χ3n) is 6.09. The van der Waals surface area contributed by atoms with Crippen molar-refractivity contribution in [2.45, 2.75) is 37.0 Å². The molecule has 0 radical (unpaired) electrons. The molecule has 0 bridgehead atoms. The van der Waals surface area contributed by atoms with Gasteiger partial charge in [0.05, 0.1) is 19.8 Å². The van der Waals surface area contributed by atoms with Gasteiger partial charge in [-0.05, 0) is 41.7 Å². The second-order valence-electron chi connectivity index (χ2n) is 8.39. The Balaban J connectivity index is 1.33. The van der Waals surface area contributed by atoms with Crippen molar-refractivity contribution >= 4 is 5.91 Å². The summed E-state index contributed by atoms with van der Waals surface area (Å²) in [7, 11) is 1.65. The number of nitrogens with one attached hydrogen (secondary N) is 2. The first-order chi connectivity index (χ1) is 15.6. The van der Waals surface area contributed by atoms with Gasteiger partial charge in [0.2, 0.25) is 0 Å². The fourth-order valence-electron chi connectivity index (χ4n) is 4.22. The number of nitrogens with zero attached hydrogens (tertiary/aromatic N) is 1. The van der Waals surface area contributed by atoms with Crippen LogP contribution in [-0.2, 0) is 20.7 Å². The molecule has 2 aliphatic heterocycles. The average Bonchev–Trinajstić information content (AvgIpc) is 3.19. The summed E-state index contributed by atoms with van der Waals surface area (Å²) in [6.45, 7) is 2.21. The molecule has 32 heavy (non-hydrogen) atoms. The van der Waals surface area contributed by atoms with Crippen LogP contribution in [-0.4, -0.2) is 57.1 Å². The molecule has 2 heterocycles. The van der Waals surface area contributed by atoms with Gasteiger partial charge in [-0.3, -0.25) is 4.79 Å². The van der Waals surface area contributed by atoms with E-state index in [1.165, 1.54) is 0 Å². The van der Waals surface area contributed by atoms with Gasteiger partial charge in [-0.2, -0.15) is 5.26 Å². The molecular weight excluding hydrogens is 406 g/mol. The summed E-state index contributed by atoms with van der Waals surface area (Å²) >= 11 is 0. The summed E-state index contributed by atoms with van der Waals surface area (Å²) in [5.41, 5.74) is 2.82. The van der Waals surface area contributed by atoms with Gasteiger partial charge in [-0.25, -0.2) is 0 Å². The number of methoxy groups -OCH3 is 1. The Morgan fingerprint density at radius 3 is 2.59 bits per heavy atom. The van der Waals surface area contributed by atoms with Crippen LogP contribution in [0.1, 0.15) is 18.4 Å². The van der Waals surface area contributed by atoms with E-state index in [0.29, 0.717) is 26.1 Å². The maximum Gasteiger partial charge on any atom is 0.251 e. The molecule has 2 saturated heterocycles. The summed E-state index contributed by atoms with van der Waals surface area (Å²) in [6.07, 6.45) is 1.74. The van der Waals surface area contributed by atoms with Crippen molar-refractivity contribution in [3.63, 3.8) is 0 Å². The average molecular weight is 436 g/mol. The number of hydrogen-bond acceptors (Lipinski definition) is 6. The Morgan fingerprint density at radius 1 is 1.25 bits per heavy atom. The molecule has 2 aromatic rings. The molecule has 4 rings (SSSR count). The van der Waals surface area contributed by atoms with Crippen molar-refractivity contribution in [1.82, 2.24) is 10.6 Å². The first kappa shape index (κ1) is 22.3. The van der Waals surface area contributed by atoms with Crippen molar-refractivity contribution in [1.29, 1.82) is 5.26 Å². The molecule has 0 aromatic heterocycles. The lowest BCUT2D eigenvalue weighted by molar-refractivity contribution is -0.136. The number of benzene rings is 2. The predicted molar refractivity (Wildman–Crippen MR) is 120 cm³/mol. The zero-order chi connectivity index (χ0) is 22.4. The molecule has 0 saturated carbocycles. The van der Waals surface area contributed by atoms with Crippen LogP contribution in [0.2, 0.25) is 0 Å². The quantitative estimate of drug-likeness (QED) is 0.724. The molecule has 1 amide bonds. The maximum atomic E-state index is 12.7. The molecule has 2 aliphatic rings. The molecule has 1 spiro atoms. The molecule has 2 fully saturated rings. The first-order valence-corrected chi connectivity index (χ1v) is 11.0. The lowest BCUT2D eigenvalue weighted by Crippen LogP contribution is -2.46. The first-order valence-electron chi connectivity index (χ1n) is 11.0. The topological polar surface area (TPSA) is 92.6 Å². The summed E-state index contributed by atoms with van der Waals surface area (Å²) in [4.78, 5) is 12.7. The van der Waals surface area contributed by atoms with Gasteiger partial charge in [0.1, 0.15) is 23.5 Å². The third-order valence-corrected chi connectivity index (χ3v) is 6.09. The fourth-order valence-corrected chi connectivity index (χ4v) is 4.22.